The lowest BCUT2D eigenvalue weighted by Gasteiger charge is -2.35. The van der Waals surface area contributed by atoms with Crippen LogP contribution in [0.25, 0.3) is 0 Å². The molecule has 2 aromatic heterocycles. The summed E-state index contributed by atoms with van der Waals surface area (Å²) >= 11 is 0. The first-order chi connectivity index (χ1) is 12.2. The summed E-state index contributed by atoms with van der Waals surface area (Å²) in [6, 6.07) is 15.1. The average Bonchev–Trinajstić information content (AvgIpc) is 3.12. The summed E-state index contributed by atoms with van der Waals surface area (Å²) in [4.78, 5) is 18.9. The van der Waals surface area contributed by atoms with Crippen LogP contribution in [-0.4, -0.2) is 26.9 Å². The topological polar surface area (TPSA) is 47.4 Å². The van der Waals surface area contributed by atoms with Crippen molar-refractivity contribution in [3.05, 3.63) is 78.4 Å². The molecule has 0 fully saturated rings. The number of benzene rings is 1. The van der Waals surface area contributed by atoms with Crippen molar-refractivity contribution in [2.24, 2.45) is 0 Å². The Labute approximate surface area is 146 Å². The predicted octanol–water partition coefficient (Wildman–Crippen LogP) is 3.89. The highest BCUT2D eigenvalue weighted by atomic mass is 16.5. The first kappa shape index (κ1) is 15.4. The second-order valence-electron chi connectivity index (χ2n) is 6.11. The lowest BCUT2D eigenvalue weighted by Crippen LogP contribution is -2.40. The molecule has 3 heterocycles. The van der Waals surface area contributed by atoms with Gasteiger partial charge in [0.15, 0.2) is 0 Å². The van der Waals surface area contributed by atoms with Gasteiger partial charge in [0.05, 0.1) is 6.04 Å². The first-order valence-corrected chi connectivity index (χ1v) is 8.36. The largest absolute Gasteiger partial charge is 0.457 e. The molecule has 1 aliphatic rings. The van der Waals surface area contributed by atoms with E-state index >= 15 is 0 Å². The van der Waals surface area contributed by atoms with Crippen LogP contribution < -0.4 is 4.74 Å². The van der Waals surface area contributed by atoms with Crippen LogP contribution in [0.2, 0.25) is 0 Å². The molecule has 0 saturated carbocycles. The Morgan fingerprint density at radius 2 is 1.92 bits per heavy atom. The van der Waals surface area contributed by atoms with Crippen LogP contribution in [0.3, 0.4) is 0 Å². The Bertz CT molecular complexity index is 889. The van der Waals surface area contributed by atoms with Gasteiger partial charge in [0.2, 0.25) is 0 Å². The van der Waals surface area contributed by atoms with E-state index in [1.54, 1.807) is 30.6 Å². The van der Waals surface area contributed by atoms with Crippen LogP contribution in [0.5, 0.6) is 11.5 Å². The van der Waals surface area contributed by atoms with Crippen LogP contribution in [0.4, 0.5) is 0 Å². The third-order valence-corrected chi connectivity index (χ3v) is 4.57. The van der Waals surface area contributed by atoms with Crippen LogP contribution in [-0.2, 0) is 6.54 Å². The van der Waals surface area contributed by atoms with Crippen LogP contribution in [0.15, 0.2) is 67.1 Å². The highest BCUT2D eigenvalue weighted by Crippen LogP contribution is 2.28. The van der Waals surface area contributed by atoms with Crippen molar-refractivity contribution in [1.29, 1.82) is 0 Å². The molecular weight excluding hydrogens is 314 g/mol. The Morgan fingerprint density at radius 1 is 1.08 bits per heavy atom. The summed E-state index contributed by atoms with van der Waals surface area (Å²) in [5, 5.41) is 0. The van der Waals surface area contributed by atoms with Crippen LogP contribution >= 0.6 is 0 Å². The van der Waals surface area contributed by atoms with Gasteiger partial charge in [-0.15, -0.1) is 0 Å². The van der Waals surface area contributed by atoms with Crippen molar-refractivity contribution < 1.29 is 9.53 Å². The maximum absolute atomic E-state index is 13.0. The molecule has 1 amide bonds. The number of hydrogen-bond acceptors (Lipinski definition) is 3. The Morgan fingerprint density at radius 3 is 2.76 bits per heavy atom. The fraction of sp³-hybridized carbons (Fsp3) is 0.200. The number of carbonyl (C=O) groups is 1. The zero-order valence-corrected chi connectivity index (χ0v) is 14.0. The molecule has 0 radical (unpaired) electrons. The second-order valence-corrected chi connectivity index (χ2v) is 6.11. The molecule has 1 aromatic carbocycles. The number of ether oxygens (including phenoxy) is 1. The molecule has 5 heteroatoms. The van der Waals surface area contributed by atoms with E-state index in [1.807, 2.05) is 29.2 Å². The zero-order chi connectivity index (χ0) is 17.2. The minimum absolute atomic E-state index is 0.0279. The molecule has 0 spiro atoms. The SMILES string of the molecule is C[C@H]1c2cccn2CCN1C(=O)c1cccc(Oc2ccncc2)c1. The molecule has 5 nitrogen and oxygen atoms in total. The van der Waals surface area contributed by atoms with E-state index in [0.717, 1.165) is 6.54 Å². The van der Waals surface area contributed by atoms with E-state index in [-0.39, 0.29) is 11.9 Å². The number of pyridine rings is 1. The minimum atomic E-state index is 0.0279. The summed E-state index contributed by atoms with van der Waals surface area (Å²) in [6.45, 7) is 3.60. The van der Waals surface area contributed by atoms with E-state index in [1.165, 1.54) is 5.69 Å². The fourth-order valence-electron chi connectivity index (χ4n) is 3.26. The van der Waals surface area contributed by atoms with Crippen molar-refractivity contribution >= 4 is 5.91 Å². The molecule has 0 aliphatic carbocycles. The van der Waals surface area contributed by atoms with Gasteiger partial charge in [-0.05, 0) is 49.4 Å². The summed E-state index contributed by atoms with van der Waals surface area (Å²) in [7, 11) is 0. The number of amides is 1. The molecule has 0 unspecified atom stereocenters. The van der Waals surface area contributed by atoms with Crippen molar-refractivity contribution in [3.63, 3.8) is 0 Å². The number of rotatable bonds is 3. The zero-order valence-electron chi connectivity index (χ0n) is 14.0. The molecule has 3 aromatic rings. The highest BCUT2D eigenvalue weighted by Gasteiger charge is 2.28. The first-order valence-electron chi connectivity index (χ1n) is 8.36. The van der Waals surface area contributed by atoms with Gasteiger partial charge in [-0.2, -0.15) is 0 Å². The van der Waals surface area contributed by atoms with Crippen LogP contribution in [0.1, 0.15) is 29.0 Å². The number of aromatic nitrogens is 2. The quantitative estimate of drug-likeness (QED) is 0.730. The summed E-state index contributed by atoms with van der Waals surface area (Å²) in [5.74, 6) is 1.37. The molecule has 0 saturated heterocycles. The number of carbonyl (C=O) groups excluding carboxylic acids is 1. The van der Waals surface area contributed by atoms with Gasteiger partial charge in [0, 0.05) is 42.9 Å². The maximum Gasteiger partial charge on any atom is 0.254 e. The Kier molecular flexibility index (Phi) is 3.98. The smallest absolute Gasteiger partial charge is 0.254 e. The van der Waals surface area contributed by atoms with Gasteiger partial charge in [-0.25, -0.2) is 0 Å². The third kappa shape index (κ3) is 3.01. The maximum atomic E-state index is 13.0. The van der Waals surface area contributed by atoms with E-state index in [2.05, 4.69) is 28.7 Å². The molecule has 1 atom stereocenters. The van der Waals surface area contributed by atoms with E-state index in [0.29, 0.717) is 23.6 Å². The molecule has 1 aliphatic heterocycles. The van der Waals surface area contributed by atoms with E-state index < -0.39 is 0 Å². The standard InChI is InChI=1S/C20H19N3O2/c1-15-19-6-3-11-22(19)12-13-23(15)20(24)16-4-2-5-18(14-16)25-17-7-9-21-10-8-17/h2-11,14-15H,12-13H2,1H3/t15-/m0/s1. The van der Waals surface area contributed by atoms with E-state index in [9.17, 15) is 4.79 Å². The molecular formula is C20H19N3O2. The minimum Gasteiger partial charge on any atom is -0.457 e. The average molecular weight is 333 g/mol. The van der Waals surface area contributed by atoms with Gasteiger partial charge in [0.1, 0.15) is 11.5 Å². The van der Waals surface area contributed by atoms with Gasteiger partial charge >= 0.3 is 0 Å². The normalized spacial score (nSPS) is 16.4. The fourth-order valence-corrected chi connectivity index (χ4v) is 3.26. The summed E-state index contributed by atoms with van der Waals surface area (Å²) in [6.07, 6.45) is 5.42. The summed E-state index contributed by atoms with van der Waals surface area (Å²) < 4.78 is 8.02. The Hall–Kier alpha value is -3.08. The monoisotopic (exact) mass is 333 g/mol. The molecule has 126 valence electrons. The second kappa shape index (κ2) is 6.43. The number of nitrogens with zero attached hydrogens (tertiary/aromatic N) is 3. The third-order valence-electron chi connectivity index (χ3n) is 4.57. The summed E-state index contributed by atoms with van der Waals surface area (Å²) in [5.41, 5.74) is 1.81. The lowest BCUT2D eigenvalue weighted by atomic mass is 10.1. The molecule has 0 bridgehead atoms. The van der Waals surface area contributed by atoms with Crippen LogP contribution in [0, 0.1) is 0 Å². The number of hydrogen-bond donors (Lipinski definition) is 0. The van der Waals surface area contributed by atoms with Gasteiger partial charge in [-0.1, -0.05) is 6.07 Å². The Balaban J connectivity index is 1.56. The van der Waals surface area contributed by atoms with Gasteiger partial charge in [-0.3, -0.25) is 9.78 Å². The van der Waals surface area contributed by atoms with Gasteiger partial charge < -0.3 is 14.2 Å². The predicted molar refractivity (Wildman–Crippen MR) is 94.6 cm³/mol. The van der Waals surface area contributed by atoms with Crippen molar-refractivity contribution in [3.8, 4) is 11.5 Å². The highest BCUT2D eigenvalue weighted by molar-refractivity contribution is 5.95. The molecule has 4 rings (SSSR count). The molecule has 25 heavy (non-hydrogen) atoms. The van der Waals surface area contributed by atoms with Gasteiger partial charge in [0.25, 0.3) is 5.91 Å². The van der Waals surface area contributed by atoms with Crippen molar-refractivity contribution in [2.45, 2.75) is 19.5 Å². The lowest BCUT2D eigenvalue weighted by molar-refractivity contribution is 0.0643. The number of fused-ring (bicyclic) bond motifs is 1. The molecule has 0 N–H and O–H groups in total. The van der Waals surface area contributed by atoms with E-state index in [4.69, 9.17) is 4.74 Å². The van der Waals surface area contributed by atoms with Crippen molar-refractivity contribution in [2.75, 3.05) is 6.54 Å². The van der Waals surface area contributed by atoms with Crippen molar-refractivity contribution in [1.82, 2.24) is 14.5 Å².